The fourth-order valence-corrected chi connectivity index (χ4v) is 2.86. The van der Waals surface area contributed by atoms with Crippen molar-refractivity contribution in [2.24, 2.45) is 4.99 Å². The first-order chi connectivity index (χ1) is 11.1. The third-order valence-electron chi connectivity index (χ3n) is 4.29. The summed E-state index contributed by atoms with van der Waals surface area (Å²) in [5.41, 5.74) is 0.756. The molecule has 1 aliphatic rings. The van der Waals surface area contributed by atoms with Gasteiger partial charge < -0.3 is 20.2 Å². The Labute approximate surface area is 133 Å². The lowest BCUT2D eigenvalue weighted by Crippen LogP contribution is -2.39. The number of aromatic amines is 1. The average Bonchev–Trinajstić information content (AvgIpc) is 2.95. The van der Waals surface area contributed by atoms with Crippen molar-refractivity contribution in [2.75, 3.05) is 19.8 Å². The molecule has 1 atom stereocenters. The summed E-state index contributed by atoms with van der Waals surface area (Å²) >= 11 is 0. The largest absolute Gasteiger partial charge is 0.388 e. The second-order valence-corrected chi connectivity index (χ2v) is 5.95. The molecule has 0 saturated carbocycles. The molecule has 1 saturated heterocycles. The van der Waals surface area contributed by atoms with Crippen LogP contribution in [0, 0.1) is 11.2 Å². The van der Waals surface area contributed by atoms with Crippen LogP contribution in [0.5, 0.6) is 0 Å². The molecule has 0 radical (unpaired) electrons. The van der Waals surface area contributed by atoms with Crippen LogP contribution in [-0.4, -0.2) is 47.9 Å². The zero-order chi connectivity index (χ0) is 16.3. The van der Waals surface area contributed by atoms with Gasteiger partial charge in [-0.25, -0.2) is 4.39 Å². The van der Waals surface area contributed by atoms with E-state index in [1.54, 1.807) is 18.5 Å². The van der Waals surface area contributed by atoms with E-state index in [2.05, 4.69) is 9.98 Å². The molecule has 2 heterocycles. The molecule has 5 nitrogen and oxygen atoms in total. The number of hydrogen-bond acceptors (Lipinski definition) is 4. The van der Waals surface area contributed by atoms with Crippen LogP contribution in [0.4, 0.5) is 4.39 Å². The maximum atomic E-state index is 13.3. The third kappa shape index (κ3) is 3.48. The van der Waals surface area contributed by atoms with Crippen molar-refractivity contribution in [3.63, 3.8) is 0 Å². The van der Waals surface area contributed by atoms with Gasteiger partial charge in [-0.2, -0.15) is 0 Å². The number of aliphatic hydroxyl groups is 1. The predicted molar refractivity (Wildman–Crippen MR) is 88.1 cm³/mol. The molecule has 6 heteroatoms. The molecule has 1 unspecified atom stereocenters. The number of ether oxygens (including phenoxy) is 1. The van der Waals surface area contributed by atoms with Gasteiger partial charge in [-0.3, -0.25) is 4.99 Å². The van der Waals surface area contributed by atoms with Crippen LogP contribution >= 0.6 is 0 Å². The number of hydrogen-bond donors (Lipinski definition) is 3. The fourth-order valence-electron chi connectivity index (χ4n) is 2.86. The lowest BCUT2D eigenvalue weighted by molar-refractivity contribution is -0.0564. The molecule has 23 heavy (non-hydrogen) atoms. The summed E-state index contributed by atoms with van der Waals surface area (Å²) < 4.78 is 18.5. The van der Waals surface area contributed by atoms with Gasteiger partial charge in [0.1, 0.15) is 5.82 Å². The molecular formula is C17H20FN3O2. The number of aromatic nitrogens is 1. The van der Waals surface area contributed by atoms with Crippen LogP contribution in [0.15, 0.2) is 29.4 Å². The van der Waals surface area contributed by atoms with E-state index in [1.807, 2.05) is 0 Å². The molecular weight excluding hydrogens is 297 g/mol. The molecule has 122 valence electrons. The van der Waals surface area contributed by atoms with Gasteiger partial charge in [0.15, 0.2) is 0 Å². The zero-order valence-corrected chi connectivity index (χ0v) is 12.8. The van der Waals surface area contributed by atoms with E-state index in [4.69, 9.17) is 10.1 Å². The molecule has 3 N–H and O–H groups in total. The monoisotopic (exact) mass is 317 g/mol. The van der Waals surface area contributed by atoms with Crippen LogP contribution < -0.4 is 0 Å². The number of rotatable bonds is 5. The summed E-state index contributed by atoms with van der Waals surface area (Å²) in [7, 11) is 0. The molecule has 0 amide bonds. The summed E-state index contributed by atoms with van der Waals surface area (Å²) in [6, 6.07) is 4.54. The highest BCUT2D eigenvalue weighted by atomic mass is 19.1. The Kier molecular flexibility index (Phi) is 4.54. The maximum Gasteiger partial charge on any atom is 0.125 e. The van der Waals surface area contributed by atoms with E-state index in [0.717, 1.165) is 10.9 Å². The van der Waals surface area contributed by atoms with E-state index < -0.39 is 5.60 Å². The standard InChI is InChI=1S/C17H20FN3O2/c18-13-1-2-14-15(10-21-16(14)7-13)12(8-19)9-20-11-17(22)3-5-23-6-4-17/h1-2,7-10,12,19,21-22H,3-6,11H2. The highest BCUT2D eigenvalue weighted by molar-refractivity contribution is 5.96. The fraction of sp³-hybridized carbons (Fsp3) is 0.412. The van der Waals surface area contributed by atoms with E-state index in [0.29, 0.717) is 38.1 Å². The van der Waals surface area contributed by atoms with Crippen molar-refractivity contribution in [1.82, 2.24) is 4.98 Å². The van der Waals surface area contributed by atoms with Gasteiger partial charge in [0.05, 0.1) is 18.1 Å². The van der Waals surface area contributed by atoms with Crippen LogP contribution in [-0.2, 0) is 4.74 Å². The smallest absolute Gasteiger partial charge is 0.125 e. The first kappa shape index (κ1) is 15.8. The van der Waals surface area contributed by atoms with Crippen LogP contribution in [0.2, 0.25) is 0 Å². The van der Waals surface area contributed by atoms with Crippen molar-refractivity contribution in [3.05, 3.63) is 35.8 Å². The molecule has 2 aromatic rings. The zero-order valence-electron chi connectivity index (χ0n) is 12.8. The number of aliphatic imine (C=N–C) groups is 1. The third-order valence-corrected chi connectivity index (χ3v) is 4.29. The molecule has 1 aromatic carbocycles. The van der Waals surface area contributed by atoms with E-state index in [-0.39, 0.29) is 11.7 Å². The minimum atomic E-state index is -0.815. The quantitative estimate of drug-likeness (QED) is 0.741. The SMILES string of the molecule is N=CC(C=NCC1(O)CCOCC1)c1c[nH]c2cc(F)ccc12. The van der Waals surface area contributed by atoms with Crippen molar-refractivity contribution in [1.29, 1.82) is 5.41 Å². The second kappa shape index (κ2) is 6.60. The topological polar surface area (TPSA) is 81.5 Å². The first-order valence-electron chi connectivity index (χ1n) is 7.68. The summed E-state index contributed by atoms with van der Waals surface area (Å²) in [6.45, 7) is 1.40. The molecule has 0 spiro atoms. The number of halogens is 1. The average molecular weight is 317 g/mol. The Bertz CT molecular complexity index is 720. The van der Waals surface area contributed by atoms with Crippen molar-refractivity contribution >= 4 is 23.3 Å². The number of nitrogens with zero attached hydrogens (tertiary/aromatic N) is 1. The van der Waals surface area contributed by atoms with Crippen LogP contribution in [0.3, 0.4) is 0 Å². The number of fused-ring (bicyclic) bond motifs is 1. The number of nitrogens with one attached hydrogen (secondary N) is 2. The number of H-pyrrole nitrogens is 1. The first-order valence-corrected chi connectivity index (χ1v) is 7.68. The van der Waals surface area contributed by atoms with Crippen LogP contribution in [0.1, 0.15) is 24.3 Å². The molecule has 1 fully saturated rings. The molecule has 1 aliphatic heterocycles. The van der Waals surface area contributed by atoms with E-state index in [9.17, 15) is 9.50 Å². The van der Waals surface area contributed by atoms with Crippen molar-refractivity contribution in [2.45, 2.75) is 24.4 Å². The summed E-state index contributed by atoms with van der Waals surface area (Å²) in [5.74, 6) is -0.606. The Morgan fingerprint density at radius 2 is 2.22 bits per heavy atom. The van der Waals surface area contributed by atoms with Crippen LogP contribution in [0.25, 0.3) is 10.9 Å². The Morgan fingerprint density at radius 1 is 1.43 bits per heavy atom. The molecule has 0 aliphatic carbocycles. The minimum absolute atomic E-state index is 0.298. The molecule has 3 rings (SSSR count). The van der Waals surface area contributed by atoms with Gasteiger partial charge in [-0.1, -0.05) is 0 Å². The van der Waals surface area contributed by atoms with Gasteiger partial charge >= 0.3 is 0 Å². The number of benzene rings is 1. The van der Waals surface area contributed by atoms with Gasteiger partial charge in [0.2, 0.25) is 0 Å². The van der Waals surface area contributed by atoms with Gasteiger partial charge in [-0.15, -0.1) is 0 Å². The lowest BCUT2D eigenvalue weighted by Gasteiger charge is -2.30. The van der Waals surface area contributed by atoms with Gasteiger partial charge in [-0.05, 0) is 23.8 Å². The molecule has 0 bridgehead atoms. The summed E-state index contributed by atoms with van der Waals surface area (Å²) in [5, 5.41) is 18.9. The Balaban J connectivity index is 1.76. The Morgan fingerprint density at radius 3 is 2.96 bits per heavy atom. The normalized spacial score (nSPS) is 19.2. The second-order valence-electron chi connectivity index (χ2n) is 5.95. The van der Waals surface area contributed by atoms with Gasteiger partial charge in [0.25, 0.3) is 0 Å². The lowest BCUT2D eigenvalue weighted by atomic mass is 9.94. The minimum Gasteiger partial charge on any atom is -0.388 e. The van der Waals surface area contributed by atoms with Gasteiger partial charge in [0, 0.05) is 55.6 Å². The molecule has 1 aromatic heterocycles. The van der Waals surface area contributed by atoms with E-state index in [1.165, 1.54) is 18.3 Å². The van der Waals surface area contributed by atoms with Crippen molar-refractivity contribution < 1.29 is 14.2 Å². The maximum absolute atomic E-state index is 13.3. The highest BCUT2D eigenvalue weighted by Gasteiger charge is 2.29. The summed E-state index contributed by atoms with van der Waals surface area (Å²) in [4.78, 5) is 7.37. The highest BCUT2D eigenvalue weighted by Crippen LogP contribution is 2.25. The Hall–Kier alpha value is -2.05. The van der Waals surface area contributed by atoms with E-state index >= 15 is 0 Å². The van der Waals surface area contributed by atoms with Crippen molar-refractivity contribution in [3.8, 4) is 0 Å². The predicted octanol–water partition coefficient (Wildman–Crippen LogP) is 2.65. The summed E-state index contributed by atoms with van der Waals surface area (Å²) in [6.07, 6.45) is 5.89.